The Kier molecular flexibility index (Phi) is 4.71. The van der Waals surface area contributed by atoms with Gasteiger partial charge in [0.25, 0.3) is 10.0 Å². The van der Waals surface area contributed by atoms with Crippen LogP contribution in [0.4, 0.5) is 11.4 Å². The molecule has 2 aromatic rings. The molecule has 24 heavy (non-hydrogen) atoms. The number of anilines is 2. The van der Waals surface area contributed by atoms with Crippen molar-refractivity contribution in [1.82, 2.24) is 0 Å². The molecule has 0 atom stereocenters. The van der Waals surface area contributed by atoms with Crippen LogP contribution in [0.25, 0.3) is 0 Å². The molecule has 126 valence electrons. The van der Waals surface area contributed by atoms with Crippen molar-refractivity contribution in [1.29, 1.82) is 0 Å². The smallest absolute Gasteiger partial charge is 0.263 e. The van der Waals surface area contributed by atoms with Crippen molar-refractivity contribution in [3.8, 4) is 0 Å². The number of benzene rings is 2. The average Bonchev–Trinajstić information content (AvgIpc) is 3.36. The summed E-state index contributed by atoms with van der Waals surface area (Å²) in [6.45, 7) is 0. The highest BCUT2D eigenvalue weighted by Gasteiger charge is 2.29. The number of rotatable bonds is 5. The Labute approximate surface area is 150 Å². The molecule has 2 aromatic carbocycles. The Hall–Kier alpha value is -1.76. The molecule has 0 aliphatic heterocycles. The predicted molar refractivity (Wildman–Crippen MR) is 95.1 cm³/mol. The molecule has 1 aliphatic rings. The molecule has 2 N–H and O–H groups in total. The van der Waals surface area contributed by atoms with E-state index in [4.69, 9.17) is 23.2 Å². The zero-order valence-corrected chi connectivity index (χ0v) is 14.8. The maximum atomic E-state index is 12.4. The normalized spacial score (nSPS) is 14.2. The van der Waals surface area contributed by atoms with E-state index in [0.717, 1.165) is 12.8 Å². The number of hydrogen-bond donors (Lipinski definition) is 2. The van der Waals surface area contributed by atoms with Crippen LogP contribution in [-0.2, 0) is 14.8 Å². The van der Waals surface area contributed by atoms with Gasteiger partial charge in [0.2, 0.25) is 5.91 Å². The molecule has 0 unspecified atom stereocenters. The second-order valence-corrected chi connectivity index (χ2v) is 7.93. The summed E-state index contributed by atoms with van der Waals surface area (Å²) in [4.78, 5) is 11.6. The van der Waals surface area contributed by atoms with Crippen molar-refractivity contribution in [2.45, 2.75) is 17.7 Å². The maximum Gasteiger partial charge on any atom is 0.263 e. The van der Waals surface area contributed by atoms with Crippen LogP contribution in [-0.4, -0.2) is 14.3 Å². The molecule has 3 rings (SSSR count). The van der Waals surface area contributed by atoms with Gasteiger partial charge in [0.1, 0.15) is 4.90 Å². The number of hydrogen-bond acceptors (Lipinski definition) is 3. The molecule has 0 saturated heterocycles. The van der Waals surface area contributed by atoms with Crippen LogP contribution in [0.1, 0.15) is 12.8 Å². The van der Waals surface area contributed by atoms with Gasteiger partial charge in [0.15, 0.2) is 0 Å². The lowest BCUT2D eigenvalue weighted by Gasteiger charge is -2.11. The first-order valence-corrected chi connectivity index (χ1v) is 9.48. The molecule has 1 amide bonds. The number of carbonyl (C=O) groups is 1. The number of nitrogens with one attached hydrogen (secondary N) is 2. The minimum Gasteiger partial charge on any atom is -0.326 e. The van der Waals surface area contributed by atoms with Crippen LogP contribution >= 0.6 is 23.2 Å². The average molecular weight is 385 g/mol. The topological polar surface area (TPSA) is 75.3 Å². The first kappa shape index (κ1) is 17.1. The highest BCUT2D eigenvalue weighted by Crippen LogP contribution is 2.31. The van der Waals surface area contributed by atoms with E-state index >= 15 is 0 Å². The van der Waals surface area contributed by atoms with Crippen molar-refractivity contribution >= 4 is 50.5 Å². The van der Waals surface area contributed by atoms with Crippen molar-refractivity contribution < 1.29 is 13.2 Å². The lowest BCUT2D eigenvalue weighted by Crippen LogP contribution is -2.14. The van der Waals surface area contributed by atoms with Gasteiger partial charge in [-0.1, -0.05) is 29.3 Å². The van der Waals surface area contributed by atoms with Gasteiger partial charge in [0.05, 0.1) is 10.0 Å². The fourth-order valence-electron chi connectivity index (χ4n) is 2.11. The van der Waals surface area contributed by atoms with Crippen molar-refractivity contribution in [3.63, 3.8) is 0 Å². The van der Waals surface area contributed by atoms with Gasteiger partial charge in [-0.25, -0.2) is 8.42 Å². The highest BCUT2D eigenvalue weighted by atomic mass is 35.5. The molecule has 8 heteroatoms. The van der Waals surface area contributed by atoms with E-state index in [0.29, 0.717) is 11.4 Å². The van der Waals surface area contributed by atoms with Crippen LogP contribution in [0.3, 0.4) is 0 Å². The Bertz CT molecular complexity index is 879. The lowest BCUT2D eigenvalue weighted by atomic mass is 10.2. The minimum absolute atomic E-state index is 0.00552. The summed E-state index contributed by atoms with van der Waals surface area (Å²) in [6, 6.07) is 10.8. The second kappa shape index (κ2) is 6.63. The van der Waals surface area contributed by atoms with Gasteiger partial charge in [0, 0.05) is 17.3 Å². The summed E-state index contributed by atoms with van der Waals surface area (Å²) in [7, 11) is -3.86. The fourth-order valence-corrected chi connectivity index (χ4v) is 3.93. The van der Waals surface area contributed by atoms with E-state index in [2.05, 4.69) is 10.0 Å². The molecular formula is C16H14Cl2N2O3S. The highest BCUT2D eigenvalue weighted by molar-refractivity contribution is 7.92. The zero-order chi connectivity index (χ0) is 17.3. The third-order valence-electron chi connectivity index (χ3n) is 3.56. The van der Waals surface area contributed by atoms with Crippen molar-refractivity contribution in [2.75, 3.05) is 10.0 Å². The molecule has 0 spiro atoms. The van der Waals surface area contributed by atoms with Gasteiger partial charge in [-0.2, -0.15) is 0 Å². The number of carbonyl (C=O) groups excluding carboxylic acids is 1. The first-order valence-electron chi connectivity index (χ1n) is 7.24. The largest absolute Gasteiger partial charge is 0.326 e. The van der Waals surface area contributed by atoms with E-state index < -0.39 is 10.0 Å². The molecule has 0 bridgehead atoms. The van der Waals surface area contributed by atoms with Crippen LogP contribution in [0.5, 0.6) is 0 Å². The third kappa shape index (κ3) is 3.83. The van der Waals surface area contributed by atoms with Crippen LogP contribution < -0.4 is 10.0 Å². The van der Waals surface area contributed by atoms with Gasteiger partial charge in [-0.05, 0) is 49.2 Å². The van der Waals surface area contributed by atoms with Crippen LogP contribution in [0, 0.1) is 5.92 Å². The van der Waals surface area contributed by atoms with Crippen LogP contribution in [0.15, 0.2) is 47.4 Å². The summed E-state index contributed by atoms with van der Waals surface area (Å²) in [5.74, 6) is 0.0993. The molecule has 0 aromatic heterocycles. The second-order valence-electron chi connectivity index (χ2n) is 5.50. The Balaban J connectivity index is 1.75. The quantitative estimate of drug-likeness (QED) is 0.812. The number of halogens is 2. The van der Waals surface area contributed by atoms with Gasteiger partial charge in [-0.3, -0.25) is 9.52 Å². The number of amides is 1. The van der Waals surface area contributed by atoms with Gasteiger partial charge in [-0.15, -0.1) is 0 Å². The molecule has 5 nitrogen and oxygen atoms in total. The number of sulfonamides is 1. The summed E-state index contributed by atoms with van der Waals surface area (Å²) in [5.41, 5.74) is 0.978. The summed E-state index contributed by atoms with van der Waals surface area (Å²) in [6.07, 6.45) is 1.84. The molecule has 1 saturated carbocycles. The molecule has 0 heterocycles. The Morgan fingerprint density at radius 1 is 1.00 bits per heavy atom. The summed E-state index contributed by atoms with van der Waals surface area (Å²) >= 11 is 11.8. The Morgan fingerprint density at radius 2 is 1.62 bits per heavy atom. The van der Waals surface area contributed by atoms with E-state index in [9.17, 15) is 13.2 Å². The maximum absolute atomic E-state index is 12.4. The predicted octanol–water partition coefficient (Wildman–Crippen LogP) is 4.14. The van der Waals surface area contributed by atoms with Crippen molar-refractivity contribution in [2.24, 2.45) is 5.92 Å². The summed E-state index contributed by atoms with van der Waals surface area (Å²) < 4.78 is 27.3. The van der Waals surface area contributed by atoms with Crippen molar-refractivity contribution in [3.05, 3.63) is 52.5 Å². The molecule has 1 aliphatic carbocycles. The molecule has 1 fully saturated rings. The standard InChI is InChI=1S/C16H14Cl2N2O3S/c17-13-2-1-3-14(15(13)18)24(22,23)20-12-8-6-11(7-9-12)19-16(21)10-4-5-10/h1-3,6-10,20H,4-5H2,(H,19,21). The van der Waals surface area contributed by atoms with E-state index in [-0.39, 0.29) is 26.8 Å². The SMILES string of the molecule is O=C(Nc1ccc(NS(=O)(=O)c2cccc(Cl)c2Cl)cc1)C1CC1. The summed E-state index contributed by atoms with van der Waals surface area (Å²) in [5, 5.41) is 2.92. The van der Waals surface area contributed by atoms with Gasteiger partial charge < -0.3 is 5.32 Å². The molecule has 0 radical (unpaired) electrons. The Morgan fingerprint density at radius 3 is 2.25 bits per heavy atom. The lowest BCUT2D eigenvalue weighted by molar-refractivity contribution is -0.117. The fraction of sp³-hybridized carbons (Fsp3) is 0.188. The van der Waals surface area contributed by atoms with Crippen LogP contribution in [0.2, 0.25) is 10.0 Å². The van der Waals surface area contributed by atoms with E-state index in [1.54, 1.807) is 24.3 Å². The van der Waals surface area contributed by atoms with Gasteiger partial charge >= 0.3 is 0 Å². The van der Waals surface area contributed by atoms with E-state index in [1.165, 1.54) is 18.2 Å². The third-order valence-corrected chi connectivity index (χ3v) is 5.91. The minimum atomic E-state index is -3.86. The first-order chi connectivity index (χ1) is 11.4. The molecular weight excluding hydrogens is 371 g/mol. The van der Waals surface area contributed by atoms with E-state index in [1.807, 2.05) is 0 Å². The monoisotopic (exact) mass is 384 g/mol. The zero-order valence-electron chi connectivity index (χ0n) is 12.4.